The van der Waals surface area contributed by atoms with Crippen molar-refractivity contribution in [2.75, 3.05) is 27.9 Å². The first-order valence-electron chi connectivity index (χ1n) is 11.8. The molecule has 7 heteroatoms. The molecule has 1 saturated carbocycles. The fourth-order valence-electron chi connectivity index (χ4n) is 5.19. The number of aliphatic imine (C=N–C) groups is 1. The molecule has 1 aliphatic carbocycles. The van der Waals surface area contributed by atoms with E-state index in [0.717, 1.165) is 22.6 Å². The van der Waals surface area contributed by atoms with Crippen molar-refractivity contribution in [3.63, 3.8) is 0 Å². The maximum absolute atomic E-state index is 13.7. The molecular weight excluding hydrogens is 446 g/mol. The number of allylic oxidation sites excluding steroid dienone is 1. The quantitative estimate of drug-likeness (QED) is 0.530. The molecule has 0 aromatic heterocycles. The maximum atomic E-state index is 13.7. The number of fused-ring (bicyclic) bond motifs is 1. The van der Waals surface area contributed by atoms with E-state index in [1.54, 1.807) is 14.2 Å². The van der Waals surface area contributed by atoms with Crippen LogP contribution in [0.4, 0.5) is 0 Å². The third-order valence-corrected chi connectivity index (χ3v) is 6.79. The van der Waals surface area contributed by atoms with E-state index in [4.69, 9.17) is 23.9 Å². The van der Waals surface area contributed by atoms with E-state index in [9.17, 15) is 9.59 Å². The van der Waals surface area contributed by atoms with Gasteiger partial charge in [-0.25, -0.2) is 4.79 Å². The van der Waals surface area contributed by atoms with Crippen molar-refractivity contribution in [3.05, 3.63) is 64.9 Å². The Labute approximate surface area is 205 Å². The highest BCUT2D eigenvalue weighted by molar-refractivity contribution is 6.12. The van der Waals surface area contributed by atoms with Gasteiger partial charge in [0.2, 0.25) is 0 Å². The zero-order valence-corrected chi connectivity index (χ0v) is 20.8. The molecule has 1 aliphatic heterocycles. The average molecular weight is 478 g/mol. The number of ether oxygens (including phenoxy) is 4. The highest BCUT2D eigenvalue weighted by atomic mass is 16.5. The standard InChI is InChI=1S/C28H31NO6/c1-6-35-20-10-7-17(8-11-20)26-25(28(31)34-5)16(2)29-21-13-19(14-22(30)27(21)26)18-9-12-23(32-3)24(15-18)33-4/h7-12,15,19,26-27H,6,13-14H2,1-5H3/t19-,26+,27?/m1/s1. The van der Waals surface area contributed by atoms with Crippen LogP contribution in [0.3, 0.4) is 0 Å². The summed E-state index contributed by atoms with van der Waals surface area (Å²) < 4.78 is 21.5. The van der Waals surface area contributed by atoms with Crippen LogP contribution in [0.1, 0.15) is 49.7 Å². The summed E-state index contributed by atoms with van der Waals surface area (Å²) in [5, 5.41) is 0. The van der Waals surface area contributed by atoms with Crippen molar-refractivity contribution in [3.8, 4) is 17.2 Å². The minimum Gasteiger partial charge on any atom is -0.494 e. The Bertz CT molecular complexity index is 1180. The van der Waals surface area contributed by atoms with Gasteiger partial charge in [0.05, 0.1) is 39.4 Å². The predicted molar refractivity (Wildman–Crippen MR) is 133 cm³/mol. The van der Waals surface area contributed by atoms with Crippen LogP contribution in [0.2, 0.25) is 0 Å². The Hall–Kier alpha value is -3.61. The molecule has 0 saturated heterocycles. The second-order valence-electron chi connectivity index (χ2n) is 8.74. The average Bonchev–Trinajstić information content (AvgIpc) is 2.87. The Morgan fingerprint density at radius 2 is 1.63 bits per heavy atom. The third-order valence-electron chi connectivity index (χ3n) is 6.79. The van der Waals surface area contributed by atoms with Crippen molar-refractivity contribution >= 4 is 17.5 Å². The lowest BCUT2D eigenvalue weighted by molar-refractivity contribution is -0.136. The maximum Gasteiger partial charge on any atom is 0.336 e. The summed E-state index contributed by atoms with van der Waals surface area (Å²) in [5.74, 6) is 0.605. The summed E-state index contributed by atoms with van der Waals surface area (Å²) in [6.45, 7) is 4.29. The molecule has 0 bridgehead atoms. The summed E-state index contributed by atoms with van der Waals surface area (Å²) >= 11 is 0. The van der Waals surface area contributed by atoms with Crippen molar-refractivity contribution in [1.29, 1.82) is 0 Å². The van der Waals surface area contributed by atoms with Gasteiger partial charge < -0.3 is 18.9 Å². The lowest BCUT2D eigenvalue weighted by atomic mass is 9.66. The molecule has 0 amide bonds. The molecule has 1 unspecified atom stereocenters. The van der Waals surface area contributed by atoms with E-state index >= 15 is 0 Å². The molecule has 0 spiro atoms. The first-order chi connectivity index (χ1) is 16.9. The topological polar surface area (TPSA) is 83.4 Å². The summed E-state index contributed by atoms with van der Waals surface area (Å²) in [6.07, 6.45) is 0.964. The number of methoxy groups -OCH3 is 3. The molecule has 0 radical (unpaired) electrons. The van der Waals surface area contributed by atoms with Gasteiger partial charge in [0.25, 0.3) is 0 Å². The fourth-order valence-corrected chi connectivity index (χ4v) is 5.19. The summed E-state index contributed by atoms with van der Waals surface area (Å²) in [5.41, 5.74) is 3.68. The van der Waals surface area contributed by atoms with E-state index in [-0.39, 0.29) is 11.7 Å². The van der Waals surface area contributed by atoms with Crippen molar-refractivity contribution in [2.24, 2.45) is 10.9 Å². The van der Waals surface area contributed by atoms with E-state index in [2.05, 4.69) is 0 Å². The minimum absolute atomic E-state index is 0.0363. The molecule has 1 heterocycles. The third kappa shape index (κ3) is 4.67. The number of rotatable bonds is 7. The smallest absolute Gasteiger partial charge is 0.336 e. The fraction of sp³-hybridized carbons (Fsp3) is 0.393. The largest absolute Gasteiger partial charge is 0.494 e. The van der Waals surface area contributed by atoms with E-state index < -0.39 is 17.8 Å². The number of hydrogen-bond acceptors (Lipinski definition) is 7. The molecular formula is C28H31NO6. The molecule has 2 aromatic carbocycles. The van der Waals surface area contributed by atoms with Crippen LogP contribution in [0.25, 0.3) is 0 Å². The SMILES string of the molecule is CCOc1ccc([C@H]2C(C(=O)OC)=C(C)N=C3C[C@@H](c4ccc(OC)c(OC)c4)CC(=O)C32)cc1. The van der Waals surface area contributed by atoms with Crippen molar-refractivity contribution < 1.29 is 28.5 Å². The molecule has 3 atom stereocenters. The van der Waals surface area contributed by atoms with Gasteiger partial charge in [-0.3, -0.25) is 9.79 Å². The first-order valence-corrected chi connectivity index (χ1v) is 11.8. The molecule has 1 fully saturated rings. The van der Waals surface area contributed by atoms with Crippen LogP contribution in [0.15, 0.2) is 58.7 Å². The number of nitrogens with zero attached hydrogens (tertiary/aromatic N) is 1. The molecule has 4 rings (SSSR count). The lowest BCUT2D eigenvalue weighted by Crippen LogP contribution is -2.41. The molecule has 2 aliphatic rings. The second-order valence-corrected chi connectivity index (χ2v) is 8.74. The Morgan fingerprint density at radius 3 is 2.26 bits per heavy atom. The van der Waals surface area contributed by atoms with Gasteiger partial charge in [0.1, 0.15) is 11.5 Å². The van der Waals surface area contributed by atoms with Gasteiger partial charge in [0.15, 0.2) is 11.5 Å². The van der Waals surface area contributed by atoms with Crippen LogP contribution < -0.4 is 14.2 Å². The number of hydrogen-bond donors (Lipinski definition) is 0. The molecule has 35 heavy (non-hydrogen) atoms. The number of esters is 1. The van der Waals surface area contributed by atoms with Crippen LogP contribution in [0.5, 0.6) is 17.2 Å². The van der Waals surface area contributed by atoms with Gasteiger partial charge >= 0.3 is 5.97 Å². The number of ketones is 1. The highest BCUT2D eigenvalue weighted by Crippen LogP contribution is 2.46. The van der Waals surface area contributed by atoms with Crippen LogP contribution >= 0.6 is 0 Å². The zero-order valence-electron chi connectivity index (χ0n) is 20.8. The van der Waals surface area contributed by atoms with E-state index in [1.165, 1.54) is 7.11 Å². The van der Waals surface area contributed by atoms with Crippen molar-refractivity contribution in [2.45, 2.75) is 38.5 Å². The molecule has 7 nitrogen and oxygen atoms in total. The van der Waals surface area contributed by atoms with Crippen molar-refractivity contribution in [1.82, 2.24) is 0 Å². The summed E-state index contributed by atoms with van der Waals surface area (Å²) in [6, 6.07) is 13.3. The van der Waals surface area contributed by atoms with Crippen LogP contribution in [-0.2, 0) is 14.3 Å². The minimum atomic E-state index is -0.512. The Kier molecular flexibility index (Phi) is 7.24. The Morgan fingerprint density at radius 1 is 0.943 bits per heavy atom. The number of carbonyl (C=O) groups excluding carboxylic acids is 2. The molecule has 0 N–H and O–H groups in total. The van der Waals surface area contributed by atoms with Gasteiger partial charge in [-0.2, -0.15) is 0 Å². The van der Waals surface area contributed by atoms with Gasteiger partial charge in [-0.1, -0.05) is 18.2 Å². The van der Waals surface area contributed by atoms with Gasteiger partial charge in [0, 0.05) is 23.7 Å². The predicted octanol–water partition coefficient (Wildman–Crippen LogP) is 4.85. The Balaban J connectivity index is 1.74. The van der Waals surface area contributed by atoms with Crippen LogP contribution in [0, 0.1) is 5.92 Å². The number of carbonyl (C=O) groups is 2. The number of Topliss-reactive ketones (excluding diaryl/α,β-unsaturated/α-hetero) is 1. The molecule has 2 aromatic rings. The second kappa shape index (κ2) is 10.3. The van der Waals surface area contributed by atoms with Crippen LogP contribution in [-0.4, -0.2) is 45.4 Å². The first kappa shape index (κ1) is 24.5. The lowest BCUT2D eigenvalue weighted by Gasteiger charge is -2.38. The normalized spacial score (nSPS) is 21.7. The number of benzene rings is 2. The highest BCUT2D eigenvalue weighted by Gasteiger charge is 2.46. The van der Waals surface area contributed by atoms with E-state index in [0.29, 0.717) is 42.2 Å². The van der Waals surface area contributed by atoms with E-state index in [1.807, 2.05) is 56.3 Å². The van der Waals surface area contributed by atoms with Gasteiger partial charge in [-0.05, 0) is 61.6 Å². The summed E-state index contributed by atoms with van der Waals surface area (Å²) in [7, 11) is 4.55. The molecule has 184 valence electrons. The van der Waals surface area contributed by atoms with Gasteiger partial charge in [-0.15, -0.1) is 0 Å². The monoisotopic (exact) mass is 477 g/mol. The zero-order chi connectivity index (χ0) is 25.1. The summed E-state index contributed by atoms with van der Waals surface area (Å²) in [4.78, 5) is 31.3.